The number of hydrazine groups is 1. The van der Waals surface area contributed by atoms with Crippen LogP contribution in [0.4, 0.5) is 17.1 Å². The van der Waals surface area contributed by atoms with Crippen LogP contribution in [0.1, 0.15) is 35.4 Å². The molecule has 54 heavy (non-hydrogen) atoms. The number of nitrogens with one attached hydrogen (secondary N) is 1. The number of phenolic OH excluding ortho intramolecular Hbond substituents is 1. The summed E-state index contributed by atoms with van der Waals surface area (Å²) in [6, 6.07) is 24.5. The zero-order chi connectivity index (χ0) is 38.1. The number of anilines is 2. The minimum absolute atomic E-state index is 0.0431. The van der Waals surface area contributed by atoms with Crippen molar-refractivity contribution in [1.82, 2.24) is 5.01 Å². The maximum Gasteiger partial charge on any atom is 0.269 e. The number of nitro groups is 1. The number of fused-ring (bicyclic) bond motifs is 4. The van der Waals surface area contributed by atoms with Crippen LogP contribution in [0.25, 0.3) is 0 Å². The molecule has 2 heterocycles. The van der Waals surface area contributed by atoms with Gasteiger partial charge in [0.05, 0.1) is 53.7 Å². The molecule has 2 aliphatic heterocycles. The van der Waals surface area contributed by atoms with Gasteiger partial charge in [-0.3, -0.25) is 39.6 Å². The maximum atomic E-state index is 15.4. The minimum Gasteiger partial charge on any atom is -0.507 e. The van der Waals surface area contributed by atoms with E-state index in [4.69, 9.17) is 9.47 Å². The van der Waals surface area contributed by atoms with E-state index in [0.717, 1.165) is 15.5 Å². The lowest BCUT2D eigenvalue weighted by molar-refractivity contribution is -0.384. The lowest BCUT2D eigenvalue weighted by Gasteiger charge is -2.50. The van der Waals surface area contributed by atoms with Crippen molar-refractivity contribution < 1.29 is 38.7 Å². The topological polar surface area (TPSA) is 169 Å². The molecule has 4 aromatic carbocycles. The molecule has 2 saturated heterocycles. The highest BCUT2D eigenvalue weighted by Crippen LogP contribution is 2.66. The van der Waals surface area contributed by atoms with Crippen LogP contribution in [0.2, 0.25) is 0 Å². The number of phenols is 1. The summed E-state index contributed by atoms with van der Waals surface area (Å²) in [5.74, 6) is -6.26. The average molecular weight is 729 g/mol. The van der Waals surface area contributed by atoms with Crippen molar-refractivity contribution in [1.29, 1.82) is 0 Å². The molecule has 13 nitrogen and oxygen atoms in total. The Morgan fingerprint density at radius 3 is 2.22 bits per heavy atom. The largest absolute Gasteiger partial charge is 0.507 e. The van der Waals surface area contributed by atoms with E-state index in [-0.39, 0.29) is 41.3 Å². The second-order valence-electron chi connectivity index (χ2n) is 14.1. The van der Waals surface area contributed by atoms with Crippen LogP contribution >= 0.6 is 0 Å². The molecule has 6 atom stereocenters. The smallest absolute Gasteiger partial charge is 0.269 e. The number of nitrogens with zero attached hydrogens (tertiary/aromatic N) is 3. The zero-order valence-electron chi connectivity index (χ0n) is 29.6. The summed E-state index contributed by atoms with van der Waals surface area (Å²) in [6.45, 7) is 1.93. The van der Waals surface area contributed by atoms with E-state index >= 15 is 4.79 Å². The van der Waals surface area contributed by atoms with Crippen molar-refractivity contribution in [3.05, 3.63) is 129 Å². The van der Waals surface area contributed by atoms with Gasteiger partial charge in [-0.2, -0.15) is 5.01 Å². The number of hydrogen-bond acceptors (Lipinski definition) is 10. The van der Waals surface area contributed by atoms with Gasteiger partial charge >= 0.3 is 0 Å². The van der Waals surface area contributed by atoms with Crippen molar-refractivity contribution in [3.63, 3.8) is 0 Å². The highest BCUT2D eigenvalue weighted by Gasteiger charge is 2.71. The number of imide groups is 2. The van der Waals surface area contributed by atoms with Crippen molar-refractivity contribution >= 4 is 40.7 Å². The zero-order valence-corrected chi connectivity index (χ0v) is 29.6. The Balaban J connectivity index is 1.33. The summed E-state index contributed by atoms with van der Waals surface area (Å²) in [4.78, 5) is 70.7. The molecule has 0 aromatic heterocycles. The van der Waals surface area contributed by atoms with Crippen LogP contribution in [0.3, 0.4) is 0 Å². The van der Waals surface area contributed by atoms with Gasteiger partial charge in [0.15, 0.2) is 0 Å². The van der Waals surface area contributed by atoms with E-state index in [1.165, 1.54) is 44.6 Å². The number of non-ortho nitro benzene ring substituents is 1. The number of methoxy groups -OCH3 is 2. The lowest BCUT2D eigenvalue weighted by Crippen LogP contribution is -2.53. The number of ether oxygens (including phenoxy) is 2. The third-order valence-electron chi connectivity index (χ3n) is 11.5. The molecule has 274 valence electrons. The van der Waals surface area contributed by atoms with E-state index in [1.54, 1.807) is 42.5 Å². The first-order valence-corrected chi connectivity index (χ1v) is 17.6. The van der Waals surface area contributed by atoms with Gasteiger partial charge in [0.25, 0.3) is 17.5 Å². The maximum absolute atomic E-state index is 15.4. The molecule has 4 aliphatic rings. The van der Waals surface area contributed by atoms with Gasteiger partial charge < -0.3 is 14.6 Å². The summed E-state index contributed by atoms with van der Waals surface area (Å²) in [6.07, 6.45) is 2.06. The molecule has 2 aliphatic carbocycles. The molecular weight excluding hydrogens is 692 g/mol. The van der Waals surface area contributed by atoms with Crippen molar-refractivity contribution in [3.8, 4) is 17.2 Å². The average Bonchev–Trinajstić information content (AvgIpc) is 3.56. The molecule has 4 aromatic rings. The number of aromatic hydroxyl groups is 1. The van der Waals surface area contributed by atoms with Gasteiger partial charge in [0, 0.05) is 35.7 Å². The Morgan fingerprint density at radius 1 is 0.870 bits per heavy atom. The van der Waals surface area contributed by atoms with Crippen molar-refractivity contribution in [2.75, 3.05) is 24.5 Å². The number of carbonyl (C=O) groups excluding carboxylic acids is 4. The van der Waals surface area contributed by atoms with Crippen LogP contribution in [0.5, 0.6) is 17.2 Å². The fraction of sp³-hybridized carbons (Fsp3) is 0.268. The molecule has 0 spiro atoms. The number of carbonyl (C=O) groups is 4. The minimum atomic E-state index is -1.63. The summed E-state index contributed by atoms with van der Waals surface area (Å²) < 4.78 is 11.3. The number of allylic oxidation sites excluding steroid dienone is 2. The van der Waals surface area contributed by atoms with Crippen molar-refractivity contribution in [2.24, 2.45) is 23.7 Å². The van der Waals surface area contributed by atoms with Crippen LogP contribution in [-0.2, 0) is 24.6 Å². The number of benzene rings is 4. The Bertz CT molecular complexity index is 2260. The SMILES string of the molecule is COc1cc(O)c([C@H]2C3=CC[C@@H]4C(=O)N(c5ccc([N+](=O)[O-])cc5)C(=O)[C@@H]4[C@@H]3C[C@H]3C(=O)N(Nc4ccc(C)cc4)C(=O)[C@@]23c2ccccc2)c(OC)c1. The van der Waals surface area contributed by atoms with Gasteiger partial charge in [0.2, 0.25) is 11.8 Å². The fourth-order valence-corrected chi connectivity index (χ4v) is 9.20. The van der Waals surface area contributed by atoms with Crippen LogP contribution in [0, 0.1) is 40.7 Å². The van der Waals surface area contributed by atoms with Gasteiger partial charge in [-0.1, -0.05) is 59.7 Å². The second-order valence-corrected chi connectivity index (χ2v) is 14.1. The monoisotopic (exact) mass is 728 g/mol. The van der Waals surface area contributed by atoms with E-state index in [2.05, 4.69) is 5.43 Å². The normalized spacial score (nSPS) is 25.8. The Hall–Kier alpha value is -6.50. The van der Waals surface area contributed by atoms with Gasteiger partial charge in [-0.25, -0.2) is 0 Å². The number of nitro benzene ring substituents is 1. The Kier molecular flexibility index (Phi) is 8.24. The van der Waals surface area contributed by atoms with Gasteiger partial charge in [-0.15, -0.1) is 0 Å². The Labute approximate surface area is 309 Å². The van der Waals surface area contributed by atoms with Crippen LogP contribution in [-0.4, -0.2) is 52.9 Å². The number of amides is 4. The quantitative estimate of drug-likeness (QED) is 0.0977. The molecule has 13 heteroatoms. The fourth-order valence-electron chi connectivity index (χ4n) is 9.20. The van der Waals surface area contributed by atoms with Crippen LogP contribution < -0.4 is 19.8 Å². The van der Waals surface area contributed by atoms with Gasteiger partial charge in [-0.05, 0) is 55.5 Å². The molecule has 2 N–H and O–H groups in total. The van der Waals surface area contributed by atoms with E-state index in [9.17, 15) is 29.6 Å². The van der Waals surface area contributed by atoms with E-state index in [0.29, 0.717) is 22.6 Å². The Morgan fingerprint density at radius 2 is 1.57 bits per heavy atom. The highest BCUT2D eigenvalue weighted by molar-refractivity contribution is 6.22. The predicted octanol–water partition coefficient (Wildman–Crippen LogP) is 5.82. The summed E-state index contributed by atoms with van der Waals surface area (Å²) in [5.41, 5.74) is 4.34. The first kappa shape index (κ1) is 34.6. The predicted molar refractivity (Wildman–Crippen MR) is 196 cm³/mol. The van der Waals surface area contributed by atoms with E-state index in [1.807, 2.05) is 31.2 Å². The molecule has 8 rings (SSSR count). The molecule has 0 bridgehead atoms. The third kappa shape index (κ3) is 4.98. The van der Waals surface area contributed by atoms with Gasteiger partial charge in [0.1, 0.15) is 17.2 Å². The third-order valence-corrected chi connectivity index (χ3v) is 11.5. The molecular formula is C41H36N4O9. The summed E-state index contributed by atoms with van der Waals surface area (Å²) >= 11 is 0. The van der Waals surface area contributed by atoms with Crippen LogP contribution in [0.15, 0.2) is 103 Å². The number of rotatable bonds is 8. The molecule has 4 amide bonds. The van der Waals surface area contributed by atoms with E-state index < -0.39 is 63.6 Å². The standard InChI is InChI=1S/C41H36N4O9/c1-22-9-11-24(12-10-22)42-44-38(48)31-21-30-28(17-18-29-34(30)39(49)43(37(29)47)25-13-15-26(16-14-25)45(51)52)36(35-32(46)19-27(53-2)20-33(35)54-3)41(31,40(44)50)23-7-5-4-6-8-23/h4-17,19-20,29-31,34,36,42,46H,18,21H2,1-3H3/t29-,30+,31-,34-,36+,41+/m0/s1. The highest BCUT2D eigenvalue weighted by atomic mass is 16.6. The lowest BCUT2D eigenvalue weighted by atomic mass is 9.49. The molecule has 0 radical (unpaired) electrons. The van der Waals surface area contributed by atoms with Crippen molar-refractivity contribution in [2.45, 2.75) is 31.1 Å². The number of hydrogen-bond donors (Lipinski definition) is 2. The first-order valence-electron chi connectivity index (χ1n) is 17.6. The number of aryl methyl sites for hydroxylation is 1. The first-order chi connectivity index (χ1) is 26.0. The molecule has 0 unspecified atom stereocenters. The summed E-state index contributed by atoms with van der Waals surface area (Å²) in [7, 11) is 2.88. The molecule has 1 saturated carbocycles. The molecule has 3 fully saturated rings. The second kappa shape index (κ2) is 12.9. The summed E-state index contributed by atoms with van der Waals surface area (Å²) in [5, 5.41) is 24.3.